The molecule has 6 atom stereocenters. The fraction of sp³-hybridized carbons (Fsp3) is 0.406. The third kappa shape index (κ3) is 3.67. The molecule has 3 aromatic carbocycles. The van der Waals surface area contributed by atoms with Gasteiger partial charge >= 0.3 is 0 Å². The van der Waals surface area contributed by atoms with Crippen LogP contribution in [0.4, 0.5) is 0 Å². The van der Waals surface area contributed by atoms with Crippen molar-refractivity contribution in [1.29, 1.82) is 5.26 Å². The SMILES string of the molecule is C[C@@H]1C[N@@+]2(Cc3ccc(C#N)cc3)C[C@](OCc3ccccc3)(c3ccccc3)[C@H]3CC[C@@H]1[C@]32C.[Br-]. The summed E-state index contributed by atoms with van der Waals surface area (Å²) < 4.78 is 8.25. The number of quaternary nitrogens is 1. The molecule has 3 aliphatic rings. The Morgan fingerprint density at radius 1 is 0.917 bits per heavy atom. The third-order valence-electron chi connectivity index (χ3n) is 9.84. The smallest absolute Gasteiger partial charge is 0.151 e. The molecule has 0 N–H and O–H groups in total. The van der Waals surface area contributed by atoms with E-state index in [1.165, 1.54) is 36.1 Å². The van der Waals surface area contributed by atoms with Gasteiger partial charge in [0, 0.05) is 17.4 Å². The Kier molecular flexibility index (Phi) is 6.62. The van der Waals surface area contributed by atoms with Gasteiger partial charge in [0.15, 0.2) is 5.60 Å². The summed E-state index contributed by atoms with van der Waals surface area (Å²) in [6.07, 6.45) is 2.52. The number of nitriles is 1. The van der Waals surface area contributed by atoms with Crippen molar-refractivity contribution in [3.8, 4) is 6.07 Å². The first-order valence-electron chi connectivity index (χ1n) is 13.1. The molecule has 0 unspecified atom stereocenters. The Morgan fingerprint density at radius 3 is 2.25 bits per heavy atom. The molecular formula is C32H35BrN2O. The summed E-state index contributed by atoms with van der Waals surface area (Å²) in [5.41, 5.74) is 4.52. The number of rotatable bonds is 6. The van der Waals surface area contributed by atoms with E-state index in [1.54, 1.807) is 0 Å². The number of nitrogens with zero attached hydrogens (tertiary/aromatic N) is 2. The fourth-order valence-electron chi connectivity index (χ4n) is 8.46. The minimum Gasteiger partial charge on any atom is -1.00 e. The van der Waals surface area contributed by atoms with Crippen LogP contribution in [0.1, 0.15) is 48.9 Å². The molecule has 2 heterocycles. The predicted octanol–water partition coefficient (Wildman–Crippen LogP) is 3.44. The van der Waals surface area contributed by atoms with Gasteiger partial charge in [0.25, 0.3) is 0 Å². The van der Waals surface area contributed by atoms with Crippen LogP contribution in [-0.4, -0.2) is 23.1 Å². The van der Waals surface area contributed by atoms with Crippen LogP contribution in [0.2, 0.25) is 0 Å². The first-order valence-corrected chi connectivity index (χ1v) is 13.1. The number of ether oxygens (including phenoxy) is 1. The zero-order valence-electron chi connectivity index (χ0n) is 21.2. The Balaban J connectivity index is 0.00000267. The summed E-state index contributed by atoms with van der Waals surface area (Å²) in [5.74, 6) is 1.91. The van der Waals surface area contributed by atoms with Crippen LogP contribution in [0.15, 0.2) is 84.9 Å². The summed E-state index contributed by atoms with van der Waals surface area (Å²) in [6.45, 7) is 8.90. The first-order chi connectivity index (χ1) is 17.0. The second-order valence-electron chi connectivity index (χ2n) is 11.4. The molecule has 3 fully saturated rings. The fourth-order valence-corrected chi connectivity index (χ4v) is 8.46. The van der Waals surface area contributed by atoms with Crippen molar-refractivity contribution in [2.45, 2.75) is 51.0 Å². The van der Waals surface area contributed by atoms with E-state index in [2.05, 4.69) is 92.7 Å². The van der Waals surface area contributed by atoms with Crippen LogP contribution in [0, 0.1) is 29.1 Å². The molecule has 2 saturated heterocycles. The zero-order chi connectivity index (χ0) is 24.1. The Bertz CT molecular complexity index is 1240. The lowest BCUT2D eigenvalue weighted by Crippen LogP contribution is -3.00. The van der Waals surface area contributed by atoms with Gasteiger partial charge in [-0.3, -0.25) is 0 Å². The molecule has 0 radical (unpaired) electrons. The second kappa shape index (κ2) is 9.45. The number of halogens is 1. The molecule has 36 heavy (non-hydrogen) atoms. The molecule has 4 heteroatoms. The maximum absolute atomic E-state index is 9.29. The molecule has 0 spiro atoms. The van der Waals surface area contributed by atoms with E-state index in [1.807, 2.05) is 12.1 Å². The lowest BCUT2D eigenvalue weighted by atomic mass is 9.73. The van der Waals surface area contributed by atoms with Crippen molar-refractivity contribution < 1.29 is 26.2 Å². The second-order valence-corrected chi connectivity index (χ2v) is 11.4. The molecule has 2 aliphatic heterocycles. The number of hydrogen-bond acceptors (Lipinski definition) is 2. The van der Waals surface area contributed by atoms with Crippen LogP contribution in [0.25, 0.3) is 0 Å². The van der Waals surface area contributed by atoms with Gasteiger partial charge < -0.3 is 26.2 Å². The highest BCUT2D eigenvalue weighted by molar-refractivity contribution is 5.33. The Hall–Kier alpha value is -2.45. The summed E-state index contributed by atoms with van der Waals surface area (Å²) >= 11 is 0. The molecule has 1 aliphatic carbocycles. The van der Waals surface area contributed by atoms with E-state index < -0.39 is 0 Å². The van der Waals surface area contributed by atoms with Gasteiger partial charge in [-0.25, -0.2) is 0 Å². The Morgan fingerprint density at radius 2 is 1.58 bits per heavy atom. The largest absolute Gasteiger partial charge is 1.00 e. The summed E-state index contributed by atoms with van der Waals surface area (Å²) in [4.78, 5) is 0. The van der Waals surface area contributed by atoms with E-state index in [0.717, 1.165) is 29.1 Å². The first kappa shape index (κ1) is 25.2. The molecule has 1 saturated carbocycles. The molecule has 0 bridgehead atoms. The van der Waals surface area contributed by atoms with Crippen molar-refractivity contribution in [2.75, 3.05) is 13.1 Å². The van der Waals surface area contributed by atoms with E-state index in [9.17, 15) is 5.26 Å². The van der Waals surface area contributed by atoms with Crippen LogP contribution in [0.5, 0.6) is 0 Å². The third-order valence-corrected chi connectivity index (χ3v) is 9.84. The monoisotopic (exact) mass is 542 g/mol. The maximum atomic E-state index is 9.29. The van der Waals surface area contributed by atoms with Gasteiger partial charge in [0.2, 0.25) is 0 Å². The molecule has 0 amide bonds. The van der Waals surface area contributed by atoms with E-state index in [-0.39, 0.29) is 28.1 Å². The average molecular weight is 544 g/mol. The van der Waals surface area contributed by atoms with Crippen LogP contribution < -0.4 is 17.0 Å². The van der Waals surface area contributed by atoms with E-state index in [4.69, 9.17) is 4.74 Å². The minimum atomic E-state index is -0.298. The van der Waals surface area contributed by atoms with E-state index >= 15 is 0 Å². The molecule has 3 aromatic rings. The maximum Gasteiger partial charge on any atom is 0.151 e. The standard InChI is InChI=1S/C32H35N2O.BrH/c1-24-20-34(21-26-15-13-25(19-33)14-16-26)23-32(28-11-7-4-8-12-28,30-18-17-29(24)31(30,34)2)35-22-27-9-5-3-6-10-27;/h3-16,24,29-30H,17-18,20-23H2,1-2H3;1H/q+1;/p-1/t24-,29+,30+,31-,32+,34-;/m1./s1. The molecule has 3 nitrogen and oxygen atoms in total. The minimum absolute atomic E-state index is 0. The molecular weight excluding hydrogens is 508 g/mol. The average Bonchev–Trinajstić information content (AvgIpc) is 3.44. The van der Waals surface area contributed by atoms with Crippen molar-refractivity contribution in [3.63, 3.8) is 0 Å². The zero-order valence-corrected chi connectivity index (χ0v) is 22.8. The van der Waals surface area contributed by atoms with Crippen molar-refractivity contribution in [1.82, 2.24) is 0 Å². The molecule has 0 aromatic heterocycles. The molecule has 6 rings (SSSR count). The van der Waals surface area contributed by atoms with Gasteiger partial charge in [-0.2, -0.15) is 5.26 Å². The highest BCUT2D eigenvalue weighted by Gasteiger charge is 2.78. The van der Waals surface area contributed by atoms with Gasteiger partial charge in [0.1, 0.15) is 18.6 Å². The van der Waals surface area contributed by atoms with Gasteiger partial charge in [-0.05, 0) is 43.0 Å². The van der Waals surface area contributed by atoms with E-state index in [0.29, 0.717) is 18.4 Å². The van der Waals surface area contributed by atoms with Crippen LogP contribution in [-0.2, 0) is 23.5 Å². The normalized spacial score (nSPS) is 34.1. The summed E-state index contributed by atoms with van der Waals surface area (Å²) in [5, 5.41) is 9.29. The predicted molar refractivity (Wildman–Crippen MR) is 138 cm³/mol. The Labute approximate surface area is 226 Å². The summed E-state index contributed by atoms with van der Waals surface area (Å²) in [7, 11) is 0. The highest BCUT2D eigenvalue weighted by Crippen LogP contribution is 2.68. The quantitative estimate of drug-likeness (QED) is 0.447. The lowest BCUT2D eigenvalue weighted by molar-refractivity contribution is -0.968. The highest BCUT2D eigenvalue weighted by atomic mass is 79.9. The van der Waals surface area contributed by atoms with Crippen LogP contribution in [0.3, 0.4) is 0 Å². The van der Waals surface area contributed by atoms with Crippen LogP contribution >= 0.6 is 0 Å². The number of hydrogen-bond donors (Lipinski definition) is 0. The topological polar surface area (TPSA) is 33.0 Å². The van der Waals surface area contributed by atoms with Gasteiger partial charge in [0.05, 0.1) is 30.7 Å². The van der Waals surface area contributed by atoms with Crippen molar-refractivity contribution in [2.24, 2.45) is 17.8 Å². The van der Waals surface area contributed by atoms with Gasteiger partial charge in [-0.1, -0.05) is 79.7 Å². The van der Waals surface area contributed by atoms with Crippen molar-refractivity contribution >= 4 is 0 Å². The summed E-state index contributed by atoms with van der Waals surface area (Å²) in [6, 6.07) is 32.3. The number of benzene rings is 3. The van der Waals surface area contributed by atoms with Gasteiger partial charge in [-0.15, -0.1) is 0 Å². The lowest BCUT2D eigenvalue weighted by Gasteiger charge is -2.43. The van der Waals surface area contributed by atoms with Crippen molar-refractivity contribution in [3.05, 3.63) is 107 Å². The molecule has 186 valence electrons.